The minimum Gasteiger partial charge on any atom is -0.370 e. The Morgan fingerprint density at radius 2 is 2.00 bits per heavy atom. The van der Waals surface area contributed by atoms with Crippen LogP contribution in [0, 0.1) is 6.92 Å². The highest BCUT2D eigenvalue weighted by Gasteiger charge is 2.06. The Kier molecular flexibility index (Phi) is 5.15. The minimum absolute atomic E-state index is 0.243. The van der Waals surface area contributed by atoms with Gasteiger partial charge in [-0.3, -0.25) is 0 Å². The van der Waals surface area contributed by atoms with Crippen LogP contribution < -0.4 is 11.0 Å². The van der Waals surface area contributed by atoms with Crippen LogP contribution in [0.25, 0.3) is 5.65 Å². The first kappa shape index (κ1) is 14.6. The summed E-state index contributed by atoms with van der Waals surface area (Å²) in [5, 5.41) is 9.69. The van der Waals surface area contributed by atoms with Gasteiger partial charge in [0, 0.05) is 12.6 Å². The number of nitrogens with one attached hydrogen (secondary N) is 2. The van der Waals surface area contributed by atoms with E-state index in [1.54, 1.807) is 13.0 Å². The molecule has 0 bridgehead atoms. The number of fused-ring (bicyclic) bond motifs is 1. The second-order valence-electron chi connectivity index (χ2n) is 5.11. The van der Waals surface area contributed by atoms with Crippen molar-refractivity contribution in [1.82, 2.24) is 19.6 Å². The molecule has 6 nitrogen and oxygen atoms in total. The number of unbranched alkanes of at least 4 members (excludes halogenated alkanes) is 5. The van der Waals surface area contributed by atoms with Crippen molar-refractivity contribution in [1.29, 1.82) is 0 Å². The number of nitrogens with zero attached hydrogens (tertiary/aromatic N) is 3. The first-order valence-corrected chi connectivity index (χ1v) is 7.41. The number of anilines is 1. The maximum absolute atomic E-state index is 11.5. The summed E-state index contributed by atoms with van der Waals surface area (Å²) in [4.78, 5) is 15.9. The molecular formula is C14H23N5O. The maximum atomic E-state index is 11.5. The SMILES string of the molecule is CCCCCCCCNc1cc2n[nH]c(=O)n2c(C)n1. The quantitative estimate of drug-likeness (QED) is 0.727. The van der Waals surface area contributed by atoms with E-state index in [9.17, 15) is 4.79 Å². The number of rotatable bonds is 8. The fraction of sp³-hybridized carbons (Fsp3) is 0.643. The summed E-state index contributed by atoms with van der Waals surface area (Å²) in [7, 11) is 0. The average Bonchev–Trinajstić information content (AvgIpc) is 2.80. The van der Waals surface area contributed by atoms with E-state index in [4.69, 9.17) is 0 Å². The smallest absolute Gasteiger partial charge is 0.349 e. The van der Waals surface area contributed by atoms with Gasteiger partial charge in [-0.15, -0.1) is 0 Å². The van der Waals surface area contributed by atoms with Crippen LogP contribution in [0.3, 0.4) is 0 Å². The molecule has 20 heavy (non-hydrogen) atoms. The molecule has 0 saturated heterocycles. The molecule has 0 saturated carbocycles. The van der Waals surface area contributed by atoms with Crippen LogP contribution in [-0.4, -0.2) is 26.1 Å². The number of hydrogen-bond acceptors (Lipinski definition) is 4. The van der Waals surface area contributed by atoms with Gasteiger partial charge < -0.3 is 5.32 Å². The van der Waals surface area contributed by atoms with Crippen molar-refractivity contribution in [2.75, 3.05) is 11.9 Å². The zero-order chi connectivity index (χ0) is 14.4. The molecule has 2 rings (SSSR count). The zero-order valence-electron chi connectivity index (χ0n) is 12.3. The van der Waals surface area contributed by atoms with Crippen LogP contribution in [-0.2, 0) is 0 Å². The van der Waals surface area contributed by atoms with Crippen molar-refractivity contribution < 1.29 is 0 Å². The normalized spacial score (nSPS) is 11.1. The van der Waals surface area contributed by atoms with Crippen molar-refractivity contribution in [3.8, 4) is 0 Å². The third kappa shape index (κ3) is 3.59. The second kappa shape index (κ2) is 7.07. The highest BCUT2D eigenvalue weighted by molar-refractivity contribution is 5.49. The van der Waals surface area contributed by atoms with Gasteiger partial charge in [-0.2, -0.15) is 5.10 Å². The Morgan fingerprint density at radius 1 is 1.25 bits per heavy atom. The summed E-state index contributed by atoms with van der Waals surface area (Å²) in [5.74, 6) is 1.43. The summed E-state index contributed by atoms with van der Waals surface area (Å²) in [6.45, 7) is 4.94. The highest BCUT2D eigenvalue weighted by atomic mass is 16.1. The summed E-state index contributed by atoms with van der Waals surface area (Å²) in [6, 6.07) is 1.79. The third-order valence-electron chi connectivity index (χ3n) is 3.41. The Hall–Kier alpha value is -1.85. The minimum atomic E-state index is -0.243. The van der Waals surface area contributed by atoms with Crippen molar-refractivity contribution >= 4 is 11.5 Å². The lowest BCUT2D eigenvalue weighted by Gasteiger charge is -2.07. The average molecular weight is 277 g/mol. The Balaban J connectivity index is 1.83. The van der Waals surface area contributed by atoms with E-state index in [0.29, 0.717) is 11.5 Å². The van der Waals surface area contributed by atoms with E-state index in [1.165, 1.54) is 36.5 Å². The van der Waals surface area contributed by atoms with Gasteiger partial charge in [0.05, 0.1) is 0 Å². The Morgan fingerprint density at radius 3 is 2.80 bits per heavy atom. The first-order valence-electron chi connectivity index (χ1n) is 7.41. The molecule has 0 radical (unpaired) electrons. The summed E-state index contributed by atoms with van der Waals surface area (Å²) in [6.07, 6.45) is 7.63. The molecule has 0 aliphatic carbocycles. The zero-order valence-corrected chi connectivity index (χ0v) is 12.3. The summed E-state index contributed by atoms with van der Waals surface area (Å²) in [5.41, 5.74) is 0.361. The van der Waals surface area contributed by atoms with E-state index < -0.39 is 0 Å². The molecule has 0 fully saturated rings. The molecule has 2 heterocycles. The lowest BCUT2D eigenvalue weighted by molar-refractivity contribution is 0.616. The number of aromatic amines is 1. The molecular weight excluding hydrogens is 254 g/mol. The van der Waals surface area contributed by atoms with Gasteiger partial charge in [-0.05, 0) is 13.3 Å². The summed E-state index contributed by atoms with van der Waals surface area (Å²) >= 11 is 0. The van der Waals surface area contributed by atoms with E-state index in [1.807, 2.05) is 0 Å². The van der Waals surface area contributed by atoms with E-state index >= 15 is 0 Å². The van der Waals surface area contributed by atoms with Gasteiger partial charge in [-0.1, -0.05) is 39.0 Å². The van der Waals surface area contributed by atoms with Crippen molar-refractivity contribution in [2.45, 2.75) is 52.4 Å². The van der Waals surface area contributed by atoms with Gasteiger partial charge >= 0.3 is 5.69 Å². The van der Waals surface area contributed by atoms with Gasteiger partial charge in [0.25, 0.3) is 0 Å². The molecule has 0 unspecified atom stereocenters. The lowest BCUT2D eigenvalue weighted by atomic mass is 10.1. The molecule has 0 aliphatic rings. The van der Waals surface area contributed by atoms with E-state index in [-0.39, 0.29) is 5.69 Å². The second-order valence-corrected chi connectivity index (χ2v) is 5.11. The van der Waals surface area contributed by atoms with Crippen molar-refractivity contribution in [2.24, 2.45) is 0 Å². The molecule has 0 amide bonds. The molecule has 0 spiro atoms. The Bertz CT molecular complexity index is 601. The first-order chi connectivity index (χ1) is 9.72. The fourth-order valence-corrected chi connectivity index (χ4v) is 2.31. The third-order valence-corrected chi connectivity index (χ3v) is 3.41. The van der Waals surface area contributed by atoms with Crippen LogP contribution in [0.4, 0.5) is 5.82 Å². The monoisotopic (exact) mass is 277 g/mol. The molecule has 2 aromatic rings. The lowest BCUT2D eigenvalue weighted by Crippen LogP contribution is -2.14. The molecule has 0 aliphatic heterocycles. The number of hydrogen-bond donors (Lipinski definition) is 2. The molecule has 110 valence electrons. The molecule has 2 aromatic heterocycles. The van der Waals surface area contributed by atoms with Crippen molar-refractivity contribution in [3.63, 3.8) is 0 Å². The van der Waals surface area contributed by atoms with Crippen LogP contribution in [0.15, 0.2) is 10.9 Å². The maximum Gasteiger partial charge on any atom is 0.349 e. The van der Waals surface area contributed by atoms with E-state index in [2.05, 4.69) is 27.4 Å². The van der Waals surface area contributed by atoms with Crippen molar-refractivity contribution in [3.05, 3.63) is 22.4 Å². The highest BCUT2D eigenvalue weighted by Crippen LogP contribution is 2.09. The predicted octanol–water partition coefficient (Wildman–Crippen LogP) is 2.50. The Labute approximate surface area is 118 Å². The number of aromatic nitrogens is 4. The van der Waals surface area contributed by atoms with Gasteiger partial charge in [0.15, 0.2) is 5.65 Å². The van der Waals surface area contributed by atoms with Crippen LogP contribution >= 0.6 is 0 Å². The van der Waals surface area contributed by atoms with E-state index in [0.717, 1.165) is 18.8 Å². The number of H-pyrrole nitrogens is 1. The van der Waals surface area contributed by atoms with Crippen LogP contribution in [0.5, 0.6) is 0 Å². The summed E-state index contributed by atoms with van der Waals surface area (Å²) < 4.78 is 1.47. The van der Waals surface area contributed by atoms with Crippen LogP contribution in [0.2, 0.25) is 0 Å². The number of aryl methyl sites for hydroxylation is 1. The van der Waals surface area contributed by atoms with Gasteiger partial charge in [0.2, 0.25) is 0 Å². The largest absolute Gasteiger partial charge is 0.370 e. The van der Waals surface area contributed by atoms with Gasteiger partial charge in [0.1, 0.15) is 11.6 Å². The van der Waals surface area contributed by atoms with Gasteiger partial charge in [-0.25, -0.2) is 19.3 Å². The predicted molar refractivity (Wildman–Crippen MR) is 80.2 cm³/mol. The molecule has 2 N–H and O–H groups in total. The van der Waals surface area contributed by atoms with Crippen LogP contribution in [0.1, 0.15) is 51.3 Å². The fourth-order valence-electron chi connectivity index (χ4n) is 2.31. The molecule has 0 aromatic carbocycles. The standard InChI is InChI=1S/C14H23N5O/c1-3-4-5-6-7-8-9-15-12-10-13-17-18-14(20)19(13)11(2)16-12/h10,15H,3-9H2,1-2H3,(H,18,20). The molecule has 6 heteroatoms. The molecule has 0 atom stereocenters. The topological polar surface area (TPSA) is 75.1 Å².